The molecule has 0 atom stereocenters. The fourth-order valence-corrected chi connectivity index (χ4v) is 2.80. The molecule has 19 heavy (non-hydrogen) atoms. The van der Waals surface area contributed by atoms with Crippen LogP contribution in [0.1, 0.15) is 48.9 Å². The zero-order valence-electron chi connectivity index (χ0n) is 10.7. The molecule has 0 saturated heterocycles. The van der Waals surface area contributed by atoms with Gasteiger partial charge in [-0.15, -0.1) is 11.3 Å². The Balaban J connectivity index is 1.99. The number of carbonyl (C=O) groups excluding carboxylic acids is 1. The highest BCUT2D eigenvalue weighted by atomic mass is 79.9. The molecule has 4 nitrogen and oxygen atoms in total. The molecule has 1 aromatic heterocycles. The molecule has 0 unspecified atom stereocenters. The van der Waals surface area contributed by atoms with Crippen molar-refractivity contribution in [3.05, 3.63) is 20.8 Å². The molecule has 0 aromatic carbocycles. The van der Waals surface area contributed by atoms with Crippen LogP contribution in [-0.4, -0.2) is 23.5 Å². The Morgan fingerprint density at radius 1 is 1.21 bits per heavy atom. The van der Waals surface area contributed by atoms with Crippen molar-refractivity contribution in [3.63, 3.8) is 0 Å². The van der Waals surface area contributed by atoms with E-state index in [9.17, 15) is 9.59 Å². The fourth-order valence-electron chi connectivity index (χ4n) is 1.66. The summed E-state index contributed by atoms with van der Waals surface area (Å²) in [5.41, 5.74) is 0.693. The van der Waals surface area contributed by atoms with Gasteiger partial charge >= 0.3 is 5.97 Å². The first-order valence-corrected chi connectivity index (χ1v) is 8.01. The van der Waals surface area contributed by atoms with Gasteiger partial charge in [-0.2, -0.15) is 0 Å². The van der Waals surface area contributed by atoms with Crippen LogP contribution in [0.25, 0.3) is 0 Å². The van der Waals surface area contributed by atoms with Crippen molar-refractivity contribution in [3.8, 4) is 0 Å². The molecule has 1 heterocycles. The number of amides is 1. The van der Waals surface area contributed by atoms with E-state index in [1.807, 2.05) is 11.4 Å². The first-order chi connectivity index (χ1) is 9.09. The third-order valence-corrected chi connectivity index (χ3v) is 4.19. The zero-order valence-corrected chi connectivity index (χ0v) is 13.1. The second-order valence-electron chi connectivity index (χ2n) is 4.31. The number of aliphatic carboxylic acids is 1. The minimum Gasteiger partial charge on any atom is -0.481 e. The maximum Gasteiger partial charge on any atom is 0.303 e. The maximum absolute atomic E-state index is 11.7. The number of carbonyl (C=O) groups is 2. The first kappa shape index (κ1) is 16.2. The van der Waals surface area contributed by atoms with E-state index in [0.29, 0.717) is 12.1 Å². The highest BCUT2D eigenvalue weighted by Crippen LogP contribution is 2.20. The lowest BCUT2D eigenvalue weighted by atomic mass is 10.1. The summed E-state index contributed by atoms with van der Waals surface area (Å²) in [6, 6.07) is 1.81. The monoisotopic (exact) mass is 347 g/mol. The van der Waals surface area contributed by atoms with Gasteiger partial charge in [-0.05, 0) is 34.8 Å². The highest BCUT2D eigenvalue weighted by molar-refractivity contribution is 9.11. The van der Waals surface area contributed by atoms with Crippen LogP contribution in [0.3, 0.4) is 0 Å². The molecular weight excluding hydrogens is 330 g/mol. The lowest BCUT2D eigenvalue weighted by Crippen LogP contribution is -2.23. The van der Waals surface area contributed by atoms with Crippen molar-refractivity contribution in [2.45, 2.75) is 38.5 Å². The molecule has 6 heteroatoms. The number of halogens is 1. The number of rotatable bonds is 9. The van der Waals surface area contributed by atoms with Crippen LogP contribution < -0.4 is 5.32 Å². The van der Waals surface area contributed by atoms with E-state index >= 15 is 0 Å². The number of thiophene rings is 1. The average molecular weight is 348 g/mol. The van der Waals surface area contributed by atoms with E-state index in [1.54, 1.807) is 0 Å². The molecule has 2 N–H and O–H groups in total. The van der Waals surface area contributed by atoms with Crippen molar-refractivity contribution in [2.75, 3.05) is 6.54 Å². The highest BCUT2D eigenvalue weighted by Gasteiger charge is 2.06. The Labute approximate surface area is 125 Å². The van der Waals surface area contributed by atoms with Gasteiger partial charge in [0.05, 0.1) is 9.35 Å². The second kappa shape index (κ2) is 9.09. The van der Waals surface area contributed by atoms with E-state index in [-0.39, 0.29) is 12.3 Å². The van der Waals surface area contributed by atoms with E-state index in [2.05, 4.69) is 21.2 Å². The normalized spacial score (nSPS) is 10.4. The quantitative estimate of drug-likeness (QED) is 0.669. The smallest absolute Gasteiger partial charge is 0.303 e. The van der Waals surface area contributed by atoms with Gasteiger partial charge < -0.3 is 10.4 Å². The standard InChI is InChI=1S/C13H18BrNO3S/c14-11-8-10(9-19-11)13(18)15-7-5-3-1-2-4-6-12(16)17/h8-9H,1-7H2,(H,15,18)(H,16,17). The number of carboxylic acids is 1. The van der Waals surface area contributed by atoms with Gasteiger partial charge in [0.1, 0.15) is 0 Å². The first-order valence-electron chi connectivity index (χ1n) is 6.33. The summed E-state index contributed by atoms with van der Waals surface area (Å²) in [4.78, 5) is 22.0. The Hall–Kier alpha value is -0.880. The summed E-state index contributed by atoms with van der Waals surface area (Å²) in [5.74, 6) is -0.762. The van der Waals surface area contributed by atoms with Crippen LogP contribution in [0.5, 0.6) is 0 Å². The topological polar surface area (TPSA) is 66.4 Å². The molecule has 0 aliphatic rings. The summed E-state index contributed by atoms with van der Waals surface area (Å²) in [6.45, 7) is 0.672. The lowest BCUT2D eigenvalue weighted by molar-refractivity contribution is -0.137. The van der Waals surface area contributed by atoms with Crippen molar-refractivity contribution in [1.29, 1.82) is 0 Å². The largest absolute Gasteiger partial charge is 0.481 e. The van der Waals surface area contributed by atoms with Crippen LogP contribution in [0, 0.1) is 0 Å². The molecule has 0 fully saturated rings. The molecule has 0 bridgehead atoms. The summed E-state index contributed by atoms with van der Waals surface area (Å²) in [6.07, 6.45) is 4.91. The van der Waals surface area contributed by atoms with Crippen molar-refractivity contribution in [1.82, 2.24) is 5.32 Å². The summed E-state index contributed by atoms with van der Waals surface area (Å²) >= 11 is 4.82. The Kier molecular flexibility index (Phi) is 7.74. The predicted octanol–water partition coefficient (Wildman–Crippen LogP) is 3.67. The molecule has 106 valence electrons. The van der Waals surface area contributed by atoms with Crippen LogP contribution in [0.2, 0.25) is 0 Å². The SMILES string of the molecule is O=C(O)CCCCCCCNC(=O)c1csc(Br)c1. The molecule has 0 aliphatic carbocycles. The van der Waals surface area contributed by atoms with Crippen LogP contribution in [0.4, 0.5) is 0 Å². The van der Waals surface area contributed by atoms with Gasteiger partial charge in [0.15, 0.2) is 0 Å². The molecule has 1 amide bonds. The minimum atomic E-state index is -0.728. The summed E-state index contributed by atoms with van der Waals surface area (Å²) < 4.78 is 0.955. The molecule has 0 saturated carbocycles. The van der Waals surface area contributed by atoms with Crippen LogP contribution >= 0.6 is 27.3 Å². The fraction of sp³-hybridized carbons (Fsp3) is 0.538. The Bertz CT molecular complexity index is 420. The predicted molar refractivity (Wildman–Crippen MR) is 79.7 cm³/mol. The number of hydrogen-bond acceptors (Lipinski definition) is 3. The molecule has 1 aromatic rings. The third-order valence-electron chi connectivity index (χ3n) is 2.68. The second-order valence-corrected chi connectivity index (χ2v) is 6.60. The molecular formula is C13H18BrNO3S. The molecule has 0 radical (unpaired) electrons. The molecule has 0 aliphatic heterocycles. The van der Waals surface area contributed by atoms with E-state index in [1.165, 1.54) is 11.3 Å². The van der Waals surface area contributed by atoms with Gasteiger partial charge in [0, 0.05) is 18.3 Å². The number of nitrogens with one attached hydrogen (secondary N) is 1. The van der Waals surface area contributed by atoms with Crippen LogP contribution in [-0.2, 0) is 4.79 Å². The lowest BCUT2D eigenvalue weighted by Gasteiger charge is -2.03. The van der Waals surface area contributed by atoms with Crippen molar-refractivity contribution >= 4 is 39.1 Å². The van der Waals surface area contributed by atoms with Gasteiger partial charge in [0.25, 0.3) is 5.91 Å². The van der Waals surface area contributed by atoms with Crippen molar-refractivity contribution in [2.24, 2.45) is 0 Å². The maximum atomic E-state index is 11.7. The average Bonchev–Trinajstić information content (AvgIpc) is 2.78. The Morgan fingerprint density at radius 2 is 1.89 bits per heavy atom. The number of hydrogen-bond donors (Lipinski definition) is 2. The van der Waals surface area contributed by atoms with E-state index < -0.39 is 5.97 Å². The minimum absolute atomic E-state index is 0.0344. The zero-order chi connectivity index (χ0) is 14.1. The number of unbranched alkanes of at least 4 members (excludes halogenated alkanes) is 4. The number of carboxylic acid groups (broad SMARTS) is 1. The molecule has 1 rings (SSSR count). The van der Waals surface area contributed by atoms with Crippen LogP contribution in [0.15, 0.2) is 15.2 Å². The van der Waals surface area contributed by atoms with Gasteiger partial charge in [-0.25, -0.2) is 0 Å². The Morgan fingerprint density at radius 3 is 2.53 bits per heavy atom. The van der Waals surface area contributed by atoms with Gasteiger partial charge in [0.2, 0.25) is 0 Å². The van der Waals surface area contributed by atoms with Gasteiger partial charge in [-0.3, -0.25) is 9.59 Å². The van der Waals surface area contributed by atoms with E-state index in [0.717, 1.165) is 35.9 Å². The third kappa shape index (κ3) is 7.32. The van der Waals surface area contributed by atoms with Gasteiger partial charge in [-0.1, -0.05) is 19.3 Å². The summed E-state index contributed by atoms with van der Waals surface area (Å²) in [5, 5.41) is 13.2. The van der Waals surface area contributed by atoms with Crippen molar-refractivity contribution < 1.29 is 14.7 Å². The van der Waals surface area contributed by atoms with E-state index in [4.69, 9.17) is 5.11 Å². The molecule has 0 spiro atoms. The summed E-state index contributed by atoms with van der Waals surface area (Å²) in [7, 11) is 0.